The highest BCUT2D eigenvalue weighted by Gasteiger charge is 2.32. The van der Waals surface area contributed by atoms with E-state index in [2.05, 4.69) is 468 Å². The predicted octanol–water partition coefficient (Wildman–Crippen LogP) is 37.4. The van der Waals surface area contributed by atoms with Crippen LogP contribution in [0.15, 0.2) is 467 Å². The van der Waals surface area contributed by atoms with Crippen LogP contribution < -0.4 is 19.6 Å². The number of para-hydroxylation sites is 12. The molecule has 144 heavy (non-hydrogen) atoms. The summed E-state index contributed by atoms with van der Waals surface area (Å²) in [5.41, 5.74) is 35.4. The number of rotatable bonds is 13. The van der Waals surface area contributed by atoms with Crippen molar-refractivity contribution >= 4 is 308 Å². The van der Waals surface area contributed by atoms with E-state index in [4.69, 9.17) is 17.7 Å². The number of benzene rings is 22. The summed E-state index contributed by atoms with van der Waals surface area (Å²) < 4.78 is 37.5. The van der Waals surface area contributed by atoms with E-state index in [-0.39, 0.29) is 0 Å². The molecule has 0 radical (unpaired) electrons. The van der Waals surface area contributed by atoms with Crippen LogP contribution >= 0.6 is 0 Å². The Morgan fingerprint density at radius 1 is 0.132 bits per heavy atom. The molecule has 12 heteroatoms. The summed E-state index contributed by atoms with van der Waals surface area (Å²) >= 11 is 0. The number of anilines is 12. The van der Waals surface area contributed by atoms with Crippen LogP contribution in [0.2, 0.25) is 0 Å². The minimum Gasteiger partial charge on any atom is -0.456 e. The standard InChI is InChI=1S/C132H74N8O4/c1-4-24-77(25-5-1)133(85-50-57-91-87-31-10-13-46-121(87)141-125(91)69-85)81-52-59-111-103(65-81)93-34-17-38-97-107-72-118-108(71-117(107)137(111)127(93)97)98-39-18-35-94-104-66-82(53-60-112(104)138(118)128(94)98)134(78-26-6-2-7-27-78)86-51-58-92-90-56-49-76(64-124(90)142-126(92)70-86)75-23-16-30-80(63-75)136(116-45-22-43-102-89-33-12-15-48-123(89)144-132(102)116)84-55-62-114-106(68-84)96-37-20-41-100-110-73-119-109(74-120(110)140(114)130(96)100)99-40-19-36-95-105-67-83(54-61-113(105)139(119)129(95)99)135(79-28-8-3-9-29-79)115-44-21-42-101-88-32-11-14-47-122(88)143-131(101)115/h1-74H. The van der Waals surface area contributed by atoms with E-state index >= 15 is 0 Å². The fourth-order valence-electron chi connectivity index (χ4n) is 25.5. The SMILES string of the molecule is c1ccc(N(c2ccc3c(c2)oc2ccccc23)c2ccc3c(c2)c2cccc4c5cc6c(cc5n3c24)c2cccc3c4cc(N(c5ccccc5)c5ccc7c(c5)oc5cc(-c8cccc(N(c9ccc%10c(c9)c9cccc%11c%12cc%13c(cc%12n%10c9%11)c9cccc%10c%11cc(N(c%12ccccc%12)c%12cccc%14c%12oc%12ccccc%12%14)ccc%11n%13c%109)c9cccc%10c9oc9ccccc9%10)c8)ccc57)ccc4n6c32)cc1. The summed E-state index contributed by atoms with van der Waals surface area (Å²) in [6.07, 6.45) is 0. The number of furan rings is 4. The molecule has 0 fully saturated rings. The van der Waals surface area contributed by atoms with Crippen LogP contribution in [0.4, 0.5) is 68.2 Å². The smallest absolute Gasteiger partial charge is 0.159 e. The molecule has 0 amide bonds. The molecule has 0 spiro atoms. The molecule has 666 valence electrons. The second-order valence-electron chi connectivity index (χ2n) is 38.9. The van der Waals surface area contributed by atoms with Gasteiger partial charge in [-0.15, -0.1) is 0 Å². The molecule has 34 rings (SSSR count). The third-order valence-electron chi connectivity index (χ3n) is 31.5. The van der Waals surface area contributed by atoms with Crippen molar-refractivity contribution in [3.05, 3.63) is 449 Å². The largest absolute Gasteiger partial charge is 0.456 e. The molecule has 0 aliphatic carbocycles. The summed E-state index contributed by atoms with van der Waals surface area (Å²) in [6.45, 7) is 0. The Hall–Kier alpha value is -19.6. The van der Waals surface area contributed by atoms with E-state index in [1.54, 1.807) is 0 Å². The zero-order valence-corrected chi connectivity index (χ0v) is 76.9. The summed E-state index contributed by atoms with van der Waals surface area (Å²) in [6, 6.07) is 164. The average Bonchev–Trinajstić information content (AvgIpc) is 1.52. The van der Waals surface area contributed by atoms with E-state index in [9.17, 15) is 0 Å². The molecule has 34 aromatic rings. The van der Waals surface area contributed by atoms with E-state index in [1.807, 2.05) is 18.2 Å². The van der Waals surface area contributed by atoms with Crippen molar-refractivity contribution in [2.45, 2.75) is 0 Å². The van der Waals surface area contributed by atoms with Gasteiger partial charge in [0.1, 0.15) is 33.5 Å². The molecule has 0 atom stereocenters. The molecular formula is C132H74N8O4. The molecule has 0 unspecified atom stereocenters. The molecule has 0 aliphatic rings. The monoisotopic (exact) mass is 1830 g/mol. The van der Waals surface area contributed by atoms with Crippen LogP contribution in [-0.4, -0.2) is 17.6 Å². The normalized spacial score (nSPS) is 12.6. The summed E-state index contributed by atoms with van der Waals surface area (Å²) in [5, 5.41) is 28.0. The first kappa shape index (κ1) is 76.5. The van der Waals surface area contributed by atoms with Crippen LogP contribution in [0.25, 0.3) is 251 Å². The lowest BCUT2D eigenvalue weighted by Gasteiger charge is -2.26. The minimum atomic E-state index is 0.804. The highest BCUT2D eigenvalue weighted by molar-refractivity contribution is 6.33. The van der Waals surface area contributed by atoms with Crippen molar-refractivity contribution in [3.63, 3.8) is 0 Å². The molecule has 12 aromatic heterocycles. The zero-order chi connectivity index (χ0) is 93.3. The van der Waals surface area contributed by atoms with Crippen molar-refractivity contribution in [2.24, 2.45) is 0 Å². The van der Waals surface area contributed by atoms with Crippen molar-refractivity contribution in [1.29, 1.82) is 0 Å². The van der Waals surface area contributed by atoms with E-state index in [0.717, 1.165) is 189 Å². The second-order valence-corrected chi connectivity index (χ2v) is 38.9. The quantitative estimate of drug-likeness (QED) is 0.113. The van der Waals surface area contributed by atoms with Gasteiger partial charge < -0.3 is 54.9 Å². The van der Waals surface area contributed by atoms with Gasteiger partial charge in [0.15, 0.2) is 11.2 Å². The van der Waals surface area contributed by atoms with Crippen molar-refractivity contribution in [2.75, 3.05) is 19.6 Å². The van der Waals surface area contributed by atoms with Gasteiger partial charge >= 0.3 is 0 Å². The lowest BCUT2D eigenvalue weighted by molar-refractivity contribution is 0.668. The maximum Gasteiger partial charge on any atom is 0.159 e. The molecule has 12 heterocycles. The topological polar surface area (TPSA) is 83.2 Å². The predicted molar refractivity (Wildman–Crippen MR) is 598 cm³/mol. The number of fused-ring (bicyclic) bond motifs is 36. The fourth-order valence-corrected chi connectivity index (χ4v) is 25.5. The molecule has 0 saturated heterocycles. The van der Waals surface area contributed by atoms with Crippen LogP contribution in [0.5, 0.6) is 0 Å². The first-order chi connectivity index (χ1) is 71.4. The number of nitrogens with zero attached hydrogens (tertiary/aromatic N) is 8. The van der Waals surface area contributed by atoms with Crippen LogP contribution in [0.1, 0.15) is 0 Å². The lowest BCUT2D eigenvalue weighted by Crippen LogP contribution is -2.10. The maximum absolute atomic E-state index is 7.16. The van der Waals surface area contributed by atoms with Gasteiger partial charge in [-0.05, 0) is 223 Å². The van der Waals surface area contributed by atoms with Crippen molar-refractivity contribution < 1.29 is 17.7 Å². The molecule has 0 N–H and O–H groups in total. The average molecular weight is 1840 g/mol. The molecule has 22 aromatic carbocycles. The van der Waals surface area contributed by atoms with Gasteiger partial charge in [0.05, 0.1) is 77.6 Å². The highest BCUT2D eigenvalue weighted by atomic mass is 16.3. The Morgan fingerprint density at radius 3 is 0.778 bits per heavy atom. The third kappa shape index (κ3) is 10.3. The van der Waals surface area contributed by atoms with E-state index < -0.39 is 0 Å². The van der Waals surface area contributed by atoms with Crippen molar-refractivity contribution in [3.8, 4) is 11.1 Å². The summed E-state index contributed by atoms with van der Waals surface area (Å²) in [5.74, 6) is 0. The Morgan fingerprint density at radius 2 is 0.382 bits per heavy atom. The molecule has 12 nitrogen and oxygen atoms in total. The van der Waals surface area contributed by atoms with E-state index in [1.165, 1.54) is 130 Å². The number of hydrogen-bond acceptors (Lipinski definition) is 8. The fraction of sp³-hybridized carbons (Fsp3) is 0. The first-order valence-electron chi connectivity index (χ1n) is 49.2. The van der Waals surface area contributed by atoms with Gasteiger partial charge in [0, 0.05) is 198 Å². The van der Waals surface area contributed by atoms with Crippen LogP contribution in [0.3, 0.4) is 0 Å². The Labute approximate surface area is 817 Å². The molecule has 0 bridgehead atoms. The third-order valence-corrected chi connectivity index (χ3v) is 31.5. The first-order valence-corrected chi connectivity index (χ1v) is 49.2. The summed E-state index contributed by atoms with van der Waals surface area (Å²) in [4.78, 5) is 9.46. The van der Waals surface area contributed by atoms with Gasteiger partial charge in [0.2, 0.25) is 0 Å². The zero-order valence-electron chi connectivity index (χ0n) is 76.9. The van der Waals surface area contributed by atoms with E-state index in [0.29, 0.717) is 0 Å². The molecule has 0 saturated carbocycles. The molecular weight excluding hydrogens is 1760 g/mol. The minimum absolute atomic E-state index is 0.804. The lowest BCUT2D eigenvalue weighted by atomic mass is 10.0. The van der Waals surface area contributed by atoms with Gasteiger partial charge in [0.25, 0.3) is 0 Å². The molecule has 0 aliphatic heterocycles. The Balaban J connectivity index is 0.465. The number of hydrogen-bond donors (Lipinski definition) is 0. The van der Waals surface area contributed by atoms with Crippen LogP contribution in [-0.2, 0) is 0 Å². The van der Waals surface area contributed by atoms with Gasteiger partial charge in [-0.3, -0.25) is 0 Å². The highest BCUT2D eigenvalue weighted by Crippen LogP contribution is 2.55. The Bertz CT molecular complexity index is 11500. The second kappa shape index (κ2) is 28.1. The van der Waals surface area contributed by atoms with Gasteiger partial charge in [-0.1, -0.05) is 224 Å². The van der Waals surface area contributed by atoms with Crippen LogP contribution in [0, 0.1) is 0 Å². The number of aromatic nitrogens is 4. The van der Waals surface area contributed by atoms with Gasteiger partial charge in [-0.2, -0.15) is 0 Å². The summed E-state index contributed by atoms with van der Waals surface area (Å²) in [7, 11) is 0. The van der Waals surface area contributed by atoms with Gasteiger partial charge in [-0.25, -0.2) is 0 Å². The van der Waals surface area contributed by atoms with Crippen molar-refractivity contribution in [1.82, 2.24) is 17.6 Å². The Kier molecular flexibility index (Phi) is 14.9. The maximum atomic E-state index is 7.16.